The minimum atomic E-state index is -0.626. The van der Waals surface area contributed by atoms with E-state index < -0.39 is 17.4 Å². The van der Waals surface area contributed by atoms with Gasteiger partial charge in [0.2, 0.25) is 0 Å². The van der Waals surface area contributed by atoms with Crippen molar-refractivity contribution in [3.8, 4) is 11.4 Å². The largest absolute Gasteiger partial charge is 0.384 e. The van der Waals surface area contributed by atoms with Crippen LogP contribution in [0.1, 0.15) is 26.5 Å². The van der Waals surface area contributed by atoms with E-state index in [0.29, 0.717) is 17.2 Å². The van der Waals surface area contributed by atoms with Crippen molar-refractivity contribution in [1.29, 1.82) is 0 Å². The minimum absolute atomic E-state index is 0.00208. The molecule has 25 heavy (non-hydrogen) atoms. The van der Waals surface area contributed by atoms with Crippen LogP contribution >= 0.6 is 0 Å². The van der Waals surface area contributed by atoms with Crippen LogP contribution in [0.2, 0.25) is 0 Å². The van der Waals surface area contributed by atoms with Crippen molar-refractivity contribution >= 4 is 17.6 Å². The van der Waals surface area contributed by atoms with Crippen molar-refractivity contribution in [2.45, 2.75) is 6.92 Å². The molecule has 3 heterocycles. The van der Waals surface area contributed by atoms with E-state index in [9.17, 15) is 14.4 Å². The molecule has 10 heteroatoms. The summed E-state index contributed by atoms with van der Waals surface area (Å²) >= 11 is 0. The molecular formula is C15H11N7O3. The van der Waals surface area contributed by atoms with Crippen molar-refractivity contribution < 1.29 is 9.59 Å². The highest BCUT2D eigenvalue weighted by molar-refractivity contribution is 6.23. The van der Waals surface area contributed by atoms with Crippen molar-refractivity contribution in [2.75, 3.05) is 5.73 Å². The summed E-state index contributed by atoms with van der Waals surface area (Å²) in [7, 11) is 0. The Morgan fingerprint density at radius 3 is 2.36 bits per heavy atom. The summed E-state index contributed by atoms with van der Waals surface area (Å²) in [4.78, 5) is 37.3. The molecule has 0 saturated carbocycles. The van der Waals surface area contributed by atoms with Crippen LogP contribution in [0.3, 0.4) is 0 Å². The highest BCUT2D eigenvalue weighted by atomic mass is 16.2. The highest BCUT2D eigenvalue weighted by Gasteiger charge is 2.31. The molecule has 1 aromatic carbocycles. The molecule has 3 N–H and O–H groups in total. The molecule has 0 radical (unpaired) electrons. The maximum Gasteiger partial charge on any atom is 0.262 e. The summed E-state index contributed by atoms with van der Waals surface area (Å²) in [6.07, 6.45) is 0. The smallest absolute Gasteiger partial charge is 0.262 e. The Labute approximate surface area is 139 Å². The number of imide groups is 1. The number of pyridine rings is 1. The lowest BCUT2D eigenvalue weighted by atomic mass is 10.1. The first-order valence-electron chi connectivity index (χ1n) is 7.24. The van der Waals surface area contributed by atoms with Crippen LogP contribution in [0.4, 0.5) is 5.82 Å². The van der Waals surface area contributed by atoms with Gasteiger partial charge in [0, 0.05) is 6.07 Å². The molecule has 3 aromatic rings. The van der Waals surface area contributed by atoms with Gasteiger partial charge >= 0.3 is 0 Å². The number of hydrogen-bond acceptors (Lipinski definition) is 7. The first-order chi connectivity index (χ1) is 12.0. The molecule has 0 bridgehead atoms. The number of nitrogen functional groups attached to an aromatic ring is 1. The Hall–Kier alpha value is -3.82. The lowest BCUT2D eigenvalue weighted by molar-refractivity contribution is 0.0880. The minimum Gasteiger partial charge on any atom is -0.384 e. The van der Waals surface area contributed by atoms with Gasteiger partial charge in [-0.3, -0.25) is 24.3 Å². The number of tetrazole rings is 1. The lowest BCUT2D eigenvalue weighted by Crippen LogP contribution is -2.24. The van der Waals surface area contributed by atoms with Gasteiger partial charge in [0.25, 0.3) is 17.4 Å². The fraction of sp³-hybridized carbons (Fsp3) is 0.0667. The zero-order valence-corrected chi connectivity index (χ0v) is 12.9. The monoisotopic (exact) mass is 337 g/mol. The third-order valence-electron chi connectivity index (χ3n) is 3.81. The van der Waals surface area contributed by atoms with Crippen molar-refractivity contribution in [3.63, 3.8) is 0 Å². The van der Waals surface area contributed by atoms with Gasteiger partial charge < -0.3 is 5.73 Å². The number of nitrogens with zero attached hydrogens (tertiary/aromatic N) is 5. The summed E-state index contributed by atoms with van der Waals surface area (Å²) in [5, 5.41) is 13.9. The molecule has 4 rings (SSSR count). The molecule has 2 aromatic heterocycles. The van der Waals surface area contributed by atoms with E-state index in [2.05, 4.69) is 20.7 Å². The van der Waals surface area contributed by atoms with Crippen molar-refractivity contribution in [2.24, 2.45) is 0 Å². The summed E-state index contributed by atoms with van der Waals surface area (Å²) < 4.78 is 1.17. The van der Waals surface area contributed by atoms with Crippen LogP contribution in [0.15, 0.2) is 35.1 Å². The maximum atomic E-state index is 12.4. The van der Waals surface area contributed by atoms with E-state index in [1.165, 1.54) is 9.36 Å². The number of fused-ring (bicyclic) bond motifs is 1. The normalized spacial score (nSPS) is 13.0. The first kappa shape index (κ1) is 14.8. The molecule has 124 valence electrons. The Morgan fingerprint density at radius 1 is 1.04 bits per heavy atom. The number of carbonyl (C=O) groups is 2. The zero-order valence-electron chi connectivity index (χ0n) is 12.9. The van der Waals surface area contributed by atoms with E-state index in [1.54, 1.807) is 31.2 Å². The predicted molar refractivity (Wildman–Crippen MR) is 85.7 cm³/mol. The number of aryl methyl sites for hydroxylation is 1. The fourth-order valence-electron chi connectivity index (χ4n) is 2.67. The number of benzene rings is 1. The highest BCUT2D eigenvalue weighted by Crippen LogP contribution is 2.23. The molecule has 0 saturated heterocycles. The van der Waals surface area contributed by atoms with Crippen LogP contribution in [-0.4, -0.2) is 36.6 Å². The molecule has 10 nitrogen and oxygen atoms in total. The second-order valence-electron chi connectivity index (χ2n) is 5.42. The summed E-state index contributed by atoms with van der Waals surface area (Å²) in [6, 6.07) is 7.73. The molecular weight excluding hydrogens is 326 g/mol. The Bertz CT molecular complexity index is 1100. The topological polar surface area (TPSA) is 138 Å². The number of nitrogens with two attached hydrogens (primary N) is 1. The molecule has 0 fully saturated rings. The molecule has 1 aliphatic heterocycles. The average Bonchev–Trinajstić information content (AvgIpc) is 3.12. The second-order valence-corrected chi connectivity index (χ2v) is 5.42. The number of hydrogen-bond donors (Lipinski definition) is 2. The third kappa shape index (κ3) is 2.19. The zero-order chi connectivity index (χ0) is 17.7. The van der Waals surface area contributed by atoms with Gasteiger partial charge in [-0.15, -0.1) is 15.0 Å². The number of nitrogens with one attached hydrogen (secondary N) is 1. The molecule has 0 unspecified atom stereocenters. The van der Waals surface area contributed by atoms with Crippen molar-refractivity contribution in [3.05, 3.63) is 57.6 Å². The SMILES string of the molecule is Cc1nnn(-c2ccc(-n3c(N)c4c(cc3=O)C(=O)NC4=O)cc2)n1. The van der Waals surface area contributed by atoms with Gasteiger partial charge in [-0.05, 0) is 36.4 Å². The Balaban J connectivity index is 1.83. The predicted octanol–water partition coefficient (Wildman–Crippen LogP) is -0.413. The molecule has 0 spiro atoms. The third-order valence-corrected chi connectivity index (χ3v) is 3.81. The van der Waals surface area contributed by atoms with E-state index in [0.717, 1.165) is 6.07 Å². The standard InChI is InChI=1S/C15H11N7O3/c1-7-18-20-22(19-7)9-4-2-8(3-5-9)21-11(23)6-10-12(13(21)16)15(25)17-14(10)24/h2-6H,16H2,1H3,(H,17,24,25). The van der Waals surface area contributed by atoms with E-state index in [4.69, 9.17) is 5.73 Å². The van der Waals surface area contributed by atoms with Crippen LogP contribution in [0.25, 0.3) is 11.4 Å². The number of amides is 2. The van der Waals surface area contributed by atoms with Gasteiger partial charge in [-0.1, -0.05) is 0 Å². The van der Waals surface area contributed by atoms with Gasteiger partial charge in [-0.25, -0.2) is 0 Å². The molecule has 0 atom stereocenters. The van der Waals surface area contributed by atoms with Crippen LogP contribution in [0.5, 0.6) is 0 Å². The van der Waals surface area contributed by atoms with E-state index >= 15 is 0 Å². The van der Waals surface area contributed by atoms with E-state index in [1.807, 2.05) is 0 Å². The van der Waals surface area contributed by atoms with Gasteiger partial charge in [0.15, 0.2) is 5.82 Å². The van der Waals surface area contributed by atoms with Gasteiger partial charge in [0.05, 0.1) is 22.5 Å². The summed E-state index contributed by atoms with van der Waals surface area (Å²) in [5.74, 6) is -0.809. The number of carbonyl (C=O) groups excluding carboxylic acids is 2. The average molecular weight is 337 g/mol. The molecule has 1 aliphatic rings. The van der Waals surface area contributed by atoms with Gasteiger partial charge in [-0.2, -0.15) is 0 Å². The Morgan fingerprint density at radius 2 is 1.72 bits per heavy atom. The summed E-state index contributed by atoms with van der Waals surface area (Å²) in [6.45, 7) is 1.72. The number of aromatic nitrogens is 5. The summed E-state index contributed by atoms with van der Waals surface area (Å²) in [5.41, 5.74) is 6.55. The quantitative estimate of drug-likeness (QED) is 0.606. The second kappa shape index (κ2) is 5.09. The van der Waals surface area contributed by atoms with Crippen LogP contribution in [0, 0.1) is 6.92 Å². The molecule has 0 aliphatic carbocycles. The number of anilines is 1. The first-order valence-corrected chi connectivity index (χ1v) is 7.24. The van der Waals surface area contributed by atoms with Crippen LogP contribution < -0.4 is 16.6 Å². The lowest BCUT2D eigenvalue weighted by Gasteiger charge is -2.12. The Kier molecular flexibility index (Phi) is 3.01. The fourth-order valence-corrected chi connectivity index (χ4v) is 2.67. The van der Waals surface area contributed by atoms with E-state index in [-0.39, 0.29) is 16.9 Å². The van der Waals surface area contributed by atoms with Crippen molar-refractivity contribution in [1.82, 2.24) is 30.1 Å². The molecule has 2 amide bonds. The maximum absolute atomic E-state index is 12.4. The number of rotatable bonds is 2. The van der Waals surface area contributed by atoms with Crippen LogP contribution in [-0.2, 0) is 0 Å². The van der Waals surface area contributed by atoms with Gasteiger partial charge in [0.1, 0.15) is 5.82 Å².